The van der Waals surface area contributed by atoms with Crippen LogP contribution < -0.4 is 4.74 Å². The van der Waals surface area contributed by atoms with Crippen LogP contribution in [0, 0.1) is 0 Å². The maximum absolute atomic E-state index is 11.3. The van der Waals surface area contributed by atoms with Crippen LogP contribution in [0.3, 0.4) is 0 Å². The number of ketones is 1. The number of halogens is 1. The van der Waals surface area contributed by atoms with Crippen molar-refractivity contribution >= 4 is 17.4 Å². The van der Waals surface area contributed by atoms with E-state index in [0.717, 1.165) is 0 Å². The minimum Gasteiger partial charge on any atom is -0.490 e. The van der Waals surface area contributed by atoms with Crippen molar-refractivity contribution in [2.24, 2.45) is 0 Å². The van der Waals surface area contributed by atoms with E-state index < -0.39 is 6.10 Å². The van der Waals surface area contributed by atoms with Crippen molar-refractivity contribution in [2.45, 2.75) is 26.4 Å². The van der Waals surface area contributed by atoms with Gasteiger partial charge >= 0.3 is 0 Å². The molecule has 1 atom stereocenters. The molecule has 0 saturated carbocycles. The molecule has 0 radical (unpaired) electrons. The molecule has 3 nitrogen and oxygen atoms in total. The van der Waals surface area contributed by atoms with Gasteiger partial charge in [-0.05, 0) is 31.5 Å². The molecule has 0 aliphatic carbocycles. The molecule has 88 valence electrons. The number of aliphatic hydroxyl groups is 1. The number of hydrogen-bond donors (Lipinski definition) is 1. The first-order chi connectivity index (χ1) is 7.54. The van der Waals surface area contributed by atoms with Crippen LogP contribution in [0.25, 0.3) is 0 Å². The van der Waals surface area contributed by atoms with E-state index in [1.807, 2.05) is 6.92 Å². The zero-order valence-electron chi connectivity index (χ0n) is 9.37. The van der Waals surface area contributed by atoms with Gasteiger partial charge in [-0.1, -0.05) is 18.5 Å². The Morgan fingerprint density at radius 3 is 2.81 bits per heavy atom. The number of Topliss-reactive ketones (excluding diaryl/α,β-unsaturated/α-hetero) is 1. The number of benzene rings is 1. The normalized spacial score (nSPS) is 12.2. The lowest BCUT2D eigenvalue weighted by molar-refractivity contribution is 0.0966. The highest BCUT2D eigenvalue weighted by Gasteiger charge is 2.10. The van der Waals surface area contributed by atoms with Crippen LogP contribution in [0.5, 0.6) is 5.75 Å². The van der Waals surface area contributed by atoms with Crippen LogP contribution in [0.15, 0.2) is 18.2 Å². The van der Waals surface area contributed by atoms with E-state index in [9.17, 15) is 9.90 Å². The third-order valence-corrected chi connectivity index (χ3v) is 2.46. The first kappa shape index (κ1) is 13.0. The molecule has 0 aliphatic rings. The summed E-state index contributed by atoms with van der Waals surface area (Å²) in [5.74, 6) is 0.355. The lowest BCUT2D eigenvalue weighted by Crippen LogP contribution is -2.17. The van der Waals surface area contributed by atoms with Gasteiger partial charge in [-0.15, -0.1) is 0 Å². The molecule has 1 aromatic rings. The Morgan fingerprint density at radius 2 is 2.25 bits per heavy atom. The summed E-state index contributed by atoms with van der Waals surface area (Å²) in [5, 5.41) is 9.86. The standard InChI is InChI=1S/C12H15ClO3/c1-3-10(15)7-16-12-5-4-9(13)6-11(12)8(2)14/h4-6,10,15H,3,7H2,1-2H3. The van der Waals surface area contributed by atoms with Crippen molar-refractivity contribution in [3.05, 3.63) is 28.8 Å². The van der Waals surface area contributed by atoms with E-state index in [1.54, 1.807) is 18.2 Å². The van der Waals surface area contributed by atoms with Crippen molar-refractivity contribution in [3.8, 4) is 5.75 Å². The Kier molecular flexibility index (Phi) is 4.77. The van der Waals surface area contributed by atoms with E-state index in [0.29, 0.717) is 22.8 Å². The second kappa shape index (κ2) is 5.87. The molecule has 0 spiro atoms. The summed E-state index contributed by atoms with van der Waals surface area (Å²) < 4.78 is 5.38. The van der Waals surface area contributed by atoms with Crippen LogP contribution >= 0.6 is 11.6 Å². The second-order valence-electron chi connectivity index (χ2n) is 3.57. The monoisotopic (exact) mass is 242 g/mol. The van der Waals surface area contributed by atoms with Gasteiger partial charge in [0.15, 0.2) is 5.78 Å². The quantitative estimate of drug-likeness (QED) is 0.808. The van der Waals surface area contributed by atoms with Crippen molar-refractivity contribution in [1.29, 1.82) is 0 Å². The van der Waals surface area contributed by atoms with E-state index in [4.69, 9.17) is 16.3 Å². The molecule has 0 aromatic heterocycles. The number of ether oxygens (including phenoxy) is 1. The summed E-state index contributed by atoms with van der Waals surface area (Å²) in [6, 6.07) is 4.86. The van der Waals surface area contributed by atoms with E-state index in [1.165, 1.54) is 6.92 Å². The maximum Gasteiger partial charge on any atom is 0.163 e. The molecule has 0 fully saturated rings. The molecule has 0 aliphatic heterocycles. The van der Waals surface area contributed by atoms with Gasteiger partial charge in [-0.2, -0.15) is 0 Å². The first-order valence-corrected chi connectivity index (χ1v) is 5.53. The van der Waals surface area contributed by atoms with Gasteiger partial charge in [0.25, 0.3) is 0 Å². The lowest BCUT2D eigenvalue weighted by atomic mass is 10.1. The summed E-state index contributed by atoms with van der Waals surface area (Å²) >= 11 is 5.79. The minimum absolute atomic E-state index is 0.108. The van der Waals surface area contributed by atoms with Gasteiger partial charge < -0.3 is 9.84 Å². The topological polar surface area (TPSA) is 46.5 Å². The zero-order valence-corrected chi connectivity index (χ0v) is 10.1. The van der Waals surface area contributed by atoms with Crippen LogP contribution in [-0.4, -0.2) is 23.6 Å². The summed E-state index contributed by atoms with van der Waals surface area (Å²) in [5.41, 5.74) is 0.441. The Labute approximate surface area is 100.0 Å². The van der Waals surface area contributed by atoms with Gasteiger partial charge in [0.1, 0.15) is 12.4 Å². The lowest BCUT2D eigenvalue weighted by Gasteiger charge is -2.12. The summed E-state index contributed by atoms with van der Waals surface area (Å²) in [4.78, 5) is 11.3. The Hall–Kier alpha value is -1.06. The van der Waals surface area contributed by atoms with Crippen molar-refractivity contribution in [3.63, 3.8) is 0 Å². The van der Waals surface area contributed by atoms with Crippen LogP contribution in [0.4, 0.5) is 0 Å². The number of rotatable bonds is 5. The van der Waals surface area contributed by atoms with Gasteiger partial charge in [-0.3, -0.25) is 4.79 Å². The first-order valence-electron chi connectivity index (χ1n) is 5.16. The van der Waals surface area contributed by atoms with E-state index >= 15 is 0 Å². The van der Waals surface area contributed by atoms with Crippen LogP contribution in [0.2, 0.25) is 5.02 Å². The van der Waals surface area contributed by atoms with E-state index in [2.05, 4.69) is 0 Å². The number of hydrogen-bond acceptors (Lipinski definition) is 3. The Morgan fingerprint density at radius 1 is 1.56 bits per heavy atom. The Bertz CT molecular complexity index is 377. The molecule has 0 bridgehead atoms. The van der Waals surface area contributed by atoms with Gasteiger partial charge in [0.2, 0.25) is 0 Å². The summed E-state index contributed by atoms with van der Waals surface area (Å²) in [6.45, 7) is 3.49. The molecular formula is C12H15ClO3. The average Bonchev–Trinajstić information content (AvgIpc) is 2.26. The van der Waals surface area contributed by atoms with E-state index in [-0.39, 0.29) is 12.4 Å². The number of aliphatic hydroxyl groups excluding tert-OH is 1. The molecular weight excluding hydrogens is 228 g/mol. The summed E-state index contributed by atoms with van der Waals surface area (Å²) in [6.07, 6.45) is 0.0960. The molecule has 16 heavy (non-hydrogen) atoms. The van der Waals surface area contributed by atoms with Crippen molar-refractivity contribution in [1.82, 2.24) is 0 Å². The average molecular weight is 243 g/mol. The minimum atomic E-state index is -0.518. The van der Waals surface area contributed by atoms with Crippen LogP contribution in [-0.2, 0) is 0 Å². The zero-order chi connectivity index (χ0) is 12.1. The van der Waals surface area contributed by atoms with Crippen molar-refractivity contribution in [2.75, 3.05) is 6.61 Å². The molecule has 0 saturated heterocycles. The number of carbonyl (C=O) groups is 1. The maximum atomic E-state index is 11.3. The predicted molar refractivity (Wildman–Crippen MR) is 63.2 cm³/mol. The SMILES string of the molecule is CCC(O)COc1ccc(Cl)cc1C(C)=O. The molecule has 0 heterocycles. The highest BCUT2D eigenvalue weighted by Crippen LogP contribution is 2.23. The fourth-order valence-electron chi connectivity index (χ4n) is 1.21. The largest absolute Gasteiger partial charge is 0.490 e. The highest BCUT2D eigenvalue weighted by atomic mass is 35.5. The third kappa shape index (κ3) is 3.51. The fraction of sp³-hybridized carbons (Fsp3) is 0.417. The number of carbonyl (C=O) groups excluding carboxylic acids is 1. The molecule has 1 aromatic carbocycles. The molecule has 1 N–H and O–H groups in total. The van der Waals surface area contributed by atoms with Gasteiger partial charge in [0, 0.05) is 5.02 Å². The third-order valence-electron chi connectivity index (χ3n) is 2.22. The van der Waals surface area contributed by atoms with Gasteiger partial charge in [-0.25, -0.2) is 0 Å². The second-order valence-corrected chi connectivity index (χ2v) is 4.01. The predicted octanol–water partition coefficient (Wildman–Crippen LogP) is 2.69. The molecule has 1 rings (SSSR count). The summed E-state index contributed by atoms with van der Waals surface area (Å²) in [7, 11) is 0. The Balaban J connectivity index is 2.82. The molecule has 1 unspecified atom stereocenters. The van der Waals surface area contributed by atoms with Crippen LogP contribution in [0.1, 0.15) is 30.6 Å². The van der Waals surface area contributed by atoms with Gasteiger partial charge in [0.05, 0.1) is 11.7 Å². The molecule has 0 amide bonds. The van der Waals surface area contributed by atoms with Crippen molar-refractivity contribution < 1.29 is 14.6 Å². The fourth-order valence-corrected chi connectivity index (χ4v) is 1.38. The molecule has 4 heteroatoms. The smallest absolute Gasteiger partial charge is 0.163 e. The highest BCUT2D eigenvalue weighted by molar-refractivity contribution is 6.31.